The number of rotatable bonds is 6. The van der Waals surface area contributed by atoms with Crippen LogP contribution in [0.4, 0.5) is 5.69 Å². The van der Waals surface area contributed by atoms with E-state index < -0.39 is 5.97 Å². The molecule has 1 aliphatic heterocycles. The molecular formula is C21H19ClN2O4S. The smallest absolute Gasteiger partial charge is 0.335 e. The van der Waals surface area contributed by atoms with Crippen molar-refractivity contribution < 1.29 is 19.4 Å². The van der Waals surface area contributed by atoms with Crippen LogP contribution in [0.1, 0.15) is 29.8 Å². The largest absolute Gasteiger partial charge is 0.493 e. The highest BCUT2D eigenvalue weighted by Gasteiger charge is 2.32. The van der Waals surface area contributed by atoms with Crippen molar-refractivity contribution in [2.75, 3.05) is 13.2 Å². The average Bonchev–Trinajstić information content (AvgIpc) is 2.98. The van der Waals surface area contributed by atoms with E-state index in [0.29, 0.717) is 39.7 Å². The van der Waals surface area contributed by atoms with Gasteiger partial charge in [-0.15, -0.1) is 0 Å². The van der Waals surface area contributed by atoms with Gasteiger partial charge in [0.15, 0.2) is 5.17 Å². The molecule has 1 heterocycles. The van der Waals surface area contributed by atoms with Crippen LogP contribution < -0.4 is 4.74 Å². The van der Waals surface area contributed by atoms with Gasteiger partial charge in [0.25, 0.3) is 5.91 Å². The van der Waals surface area contributed by atoms with E-state index in [2.05, 4.69) is 4.99 Å². The number of hydrogen-bond donors (Lipinski definition) is 1. The summed E-state index contributed by atoms with van der Waals surface area (Å²) in [5.74, 6) is -0.502. The lowest BCUT2D eigenvalue weighted by molar-refractivity contribution is -0.122. The van der Waals surface area contributed by atoms with Gasteiger partial charge in [0, 0.05) is 17.1 Å². The molecule has 0 unspecified atom stereocenters. The number of hydrogen-bond acceptors (Lipinski definition) is 5. The van der Waals surface area contributed by atoms with E-state index in [1.54, 1.807) is 41.3 Å². The molecule has 1 saturated heterocycles. The molecule has 0 aromatic heterocycles. The number of benzene rings is 2. The minimum absolute atomic E-state index is 0.152. The number of likely N-dealkylation sites (N-methyl/N-ethyl adjacent to an activating group) is 1. The van der Waals surface area contributed by atoms with E-state index in [9.17, 15) is 9.59 Å². The summed E-state index contributed by atoms with van der Waals surface area (Å²) in [6, 6.07) is 11.5. The first-order valence-electron chi connectivity index (χ1n) is 8.98. The predicted molar refractivity (Wildman–Crippen MR) is 116 cm³/mol. The van der Waals surface area contributed by atoms with Crippen molar-refractivity contribution in [3.63, 3.8) is 0 Å². The van der Waals surface area contributed by atoms with Crippen LogP contribution in [-0.4, -0.2) is 40.2 Å². The number of ether oxygens (including phenoxy) is 1. The van der Waals surface area contributed by atoms with Gasteiger partial charge in [-0.2, -0.15) is 0 Å². The highest BCUT2D eigenvalue weighted by atomic mass is 35.5. The van der Waals surface area contributed by atoms with Crippen LogP contribution in [0.3, 0.4) is 0 Å². The molecule has 1 aliphatic rings. The topological polar surface area (TPSA) is 79.2 Å². The zero-order valence-corrected chi connectivity index (χ0v) is 17.5. The van der Waals surface area contributed by atoms with Gasteiger partial charge in [0.1, 0.15) is 5.75 Å². The maximum absolute atomic E-state index is 12.8. The number of amides is 1. The number of carboxylic acid groups (broad SMARTS) is 1. The van der Waals surface area contributed by atoms with Gasteiger partial charge in [-0.1, -0.05) is 11.6 Å². The first-order valence-corrected chi connectivity index (χ1v) is 10.2. The fourth-order valence-corrected chi connectivity index (χ4v) is 3.95. The number of carbonyl (C=O) groups excluding carboxylic acids is 1. The minimum Gasteiger partial charge on any atom is -0.493 e. The number of amidine groups is 1. The lowest BCUT2D eigenvalue weighted by atomic mass is 10.2. The quantitative estimate of drug-likeness (QED) is 0.648. The SMILES string of the molecule is CCOc1ccc(Cl)cc1/C=C1/SC(=Nc2ccc(C(=O)O)cc2)N(CC)C1=O. The predicted octanol–water partition coefficient (Wildman–Crippen LogP) is 5.06. The third kappa shape index (κ3) is 4.81. The van der Waals surface area contributed by atoms with Crippen LogP contribution >= 0.6 is 23.4 Å². The second kappa shape index (κ2) is 9.15. The summed E-state index contributed by atoms with van der Waals surface area (Å²) in [6.45, 7) is 4.72. The van der Waals surface area contributed by atoms with E-state index in [1.807, 2.05) is 13.8 Å². The molecule has 0 atom stereocenters. The van der Waals surface area contributed by atoms with Crippen molar-refractivity contribution in [3.8, 4) is 5.75 Å². The minimum atomic E-state index is -0.998. The van der Waals surface area contributed by atoms with Crippen LogP contribution in [0.2, 0.25) is 5.02 Å². The van der Waals surface area contributed by atoms with Crippen molar-refractivity contribution in [1.29, 1.82) is 0 Å². The third-order valence-electron chi connectivity index (χ3n) is 4.10. The number of carbonyl (C=O) groups is 2. The fraction of sp³-hybridized carbons (Fsp3) is 0.190. The lowest BCUT2D eigenvalue weighted by Gasteiger charge is -2.12. The summed E-state index contributed by atoms with van der Waals surface area (Å²) in [6.07, 6.45) is 1.75. The summed E-state index contributed by atoms with van der Waals surface area (Å²) in [7, 11) is 0. The van der Waals surface area contributed by atoms with Gasteiger partial charge < -0.3 is 9.84 Å². The summed E-state index contributed by atoms with van der Waals surface area (Å²) in [5, 5.41) is 10.1. The maximum atomic E-state index is 12.8. The first-order chi connectivity index (χ1) is 13.9. The van der Waals surface area contributed by atoms with Gasteiger partial charge in [-0.25, -0.2) is 9.79 Å². The van der Waals surface area contributed by atoms with Crippen molar-refractivity contribution in [3.05, 3.63) is 63.5 Å². The molecule has 0 spiro atoms. The fourth-order valence-electron chi connectivity index (χ4n) is 2.72. The van der Waals surface area contributed by atoms with E-state index >= 15 is 0 Å². The van der Waals surface area contributed by atoms with E-state index in [1.165, 1.54) is 23.9 Å². The first kappa shape index (κ1) is 21.0. The van der Waals surface area contributed by atoms with Crippen LogP contribution in [0.25, 0.3) is 6.08 Å². The van der Waals surface area contributed by atoms with E-state index in [-0.39, 0.29) is 11.5 Å². The summed E-state index contributed by atoms with van der Waals surface area (Å²) in [5.41, 5.74) is 1.47. The summed E-state index contributed by atoms with van der Waals surface area (Å²) >= 11 is 7.37. The lowest BCUT2D eigenvalue weighted by Crippen LogP contribution is -2.28. The monoisotopic (exact) mass is 430 g/mol. The average molecular weight is 431 g/mol. The molecule has 1 fully saturated rings. The molecule has 150 valence electrons. The highest BCUT2D eigenvalue weighted by Crippen LogP contribution is 2.36. The normalized spacial score (nSPS) is 16.7. The van der Waals surface area contributed by atoms with Crippen molar-refractivity contribution in [2.45, 2.75) is 13.8 Å². The molecule has 1 amide bonds. The molecule has 0 saturated carbocycles. The highest BCUT2D eigenvalue weighted by molar-refractivity contribution is 8.18. The Morgan fingerprint density at radius 3 is 2.59 bits per heavy atom. The van der Waals surface area contributed by atoms with Crippen molar-refractivity contribution in [2.24, 2.45) is 4.99 Å². The summed E-state index contributed by atoms with van der Waals surface area (Å²) in [4.78, 5) is 30.4. The van der Waals surface area contributed by atoms with Crippen LogP contribution in [0.5, 0.6) is 5.75 Å². The molecular weight excluding hydrogens is 412 g/mol. The second-order valence-corrected chi connectivity index (χ2v) is 7.47. The van der Waals surface area contributed by atoms with E-state index in [0.717, 1.165) is 5.56 Å². The number of aliphatic imine (C=N–C) groups is 1. The number of aromatic carboxylic acids is 1. The Bertz CT molecular complexity index is 1000. The van der Waals surface area contributed by atoms with Gasteiger partial charge in [0.2, 0.25) is 0 Å². The molecule has 0 radical (unpaired) electrons. The molecule has 3 rings (SSSR count). The van der Waals surface area contributed by atoms with Crippen molar-refractivity contribution >= 4 is 52.2 Å². The van der Waals surface area contributed by atoms with Gasteiger partial charge in [0.05, 0.1) is 22.8 Å². The Kier molecular flexibility index (Phi) is 6.61. The zero-order chi connectivity index (χ0) is 21.0. The van der Waals surface area contributed by atoms with Gasteiger partial charge in [-0.3, -0.25) is 9.69 Å². The molecule has 1 N–H and O–H groups in total. The van der Waals surface area contributed by atoms with Crippen LogP contribution in [0, 0.1) is 0 Å². The number of halogens is 1. The third-order valence-corrected chi connectivity index (χ3v) is 5.34. The Balaban J connectivity index is 1.94. The molecule has 0 bridgehead atoms. The number of carboxylic acids is 1. The van der Waals surface area contributed by atoms with Crippen LogP contribution in [0.15, 0.2) is 52.4 Å². The van der Waals surface area contributed by atoms with Gasteiger partial charge >= 0.3 is 5.97 Å². The maximum Gasteiger partial charge on any atom is 0.335 e. The molecule has 0 aliphatic carbocycles. The molecule has 8 heteroatoms. The van der Waals surface area contributed by atoms with Crippen LogP contribution in [-0.2, 0) is 4.79 Å². The molecule has 2 aromatic carbocycles. The standard InChI is InChI=1S/C21H19ClN2O4S/c1-3-24-19(25)18(12-14-11-15(22)7-10-17(14)28-4-2)29-21(24)23-16-8-5-13(6-9-16)20(26)27/h5-12H,3-4H2,1-2H3,(H,26,27)/b18-12+,23-21?. The van der Waals surface area contributed by atoms with E-state index in [4.69, 9.17) is 21.4 Å². The zero-order valence-electron chi connectivity index (χ0n) is 15.9. The molecule has 6 nitrogen and oxygen atoms in total. The van der Waals surface area contributed by atoms with Gasteiger partial charge in [-0.05, 0) is 74.1 Å². The Hall–Kier alpha value is -2.77. The molecule has 29 heavy (non-hydrogen) atoms. The Morgan fingerprint density at radius 2 is 1.97 bits per heavy atom. The number of nitrogens with zero attached hydrogens (tertiary/aromatic N) is 2. The molecule has 2 aromatic rings. The van der Waals surface area contributed by atoms with Crippen molar-refractivity contribution in [1.82, 2.24) is 4.90 Å². The Labute approximate surface area is 177 Å². The summed E-state index contributed by atoms with van der Waals surface area (Å²) < 4.78 is 5.63. The second-order valence-electron chi connectivity index (χ2n) is 6.02. The Morgan fingerprint density at radius 1 is 1.24 bits per heavy atom. The number of thioether (sulfide) groups is 1.